The standard InChI is InChI=1S/C16H24BNO2/c1-11-12-7-6-8-14(13(12)9-10-18-11)17-19-15(2,3)16(4,5)20-17/h6-8,11,18H,9-10H2,1-5H3/t11-/m0/s1. The molecule has 1 N–H and O–H groups in total. The predicted molar refractivity (Wildman–Crippen MR) is 82.3 cm³/mol. The summed E-state index contributed by atoms with van der Waals surface area (Å²) >= 11 is 0. The molecule has 0 unspecified atom stereocenters. The average Bonchev–Trinajstić information content (AvgIpc) is 2.58. The first-order valence-electron chi connectivity index (χ1n) is 7.52. The Balaban J connectivity index is 1.99. The van der Waals surface area contributed by atoms with Crippen molar-refractivity contribution in [3.8, 4) is 0 Å². The van der Waals surface area contributed by atoms with Crippen LogP contribution in [-0.2, 0) is 15.7 Å². The molecule has 1 fully saturated rings. The average molecular weight is 273 g/mol. The lowest BCUT2D eigenvalue weighted by molar-refractivity contribution is 0.00578. The fraction of sp³-hybridized carbons (Fsp3) is 0.625. The second-order valence-corrected chi connectivity index (χ2v) is 6.93. The summed E-state index contributed by atoms with van der Waals surface area (Å²) in [6.45, 7) is 11.6. The molecule has 108 valence electrons. The SMILES string of the molecule is C[C@@H]1NCCc2c(B3OC(C)(C)C(C)(C)O3)cccc21. The summed E-state index contributed by atoms with van der Waals surface area (Å²) in [5, 5.41) is 3.51. The highest BCUT2D eigenvalue weighted by molar-refractivity contribution is 6.62. The Kier molecular flexibility index (Phi) is 3.24. The molecular weight excluding hydrogens is 249 g/mol. The van der Waals surface area contributed by atoms with Gasteiger partial charge in [-0.2, -0.15) is 0 Å². The Labute approximate surface area is 122 Å². The molecule has 0 spiro atoms. The molecule has 0 aromatic heterocycles. The minimum absolute atomic E-state index is 0.250. The van der Waals surface area contributed by atoms with Crippen molar-refractivity contribution in [1.82, 2.24) is 5.32 Å². The van der Waals surface area contributed by atoms with E-state index in [0.717, 1.165) is 13.0 Å². The fourth-order valence-corrected chi connectivity index (χ4v) is 3.03. The van der Waals surface area contributed by atoms with E-state index in [2.05, 4.69) is 58.1 Å². The highest BCUT2D eigenvalue weighted by Crippen LogP contribution is 2.37. The van der Waals surface area contributed by atoms with Crippen molar-refractivity contribution >= 4 is 12.6 Å². The van der Waals surface area contributed by atoms with E-state index in [1.54, 1.807) is 0 Å². The van der Waals surface area contributed by atoms with E-state index >= 15 is 0 Å². The first-order valence-corrected chi connectivity index (χ1v) is 7.52. The van der Waals surface area contributed by atoms with Crippen molar-refractivity contribution in [3.05, 3.63) is 29.3 Å². The van der Waals surface area contributed by atoms with Gasteiger partial charge in [-0.1, -0.05) is 18.2 Å². The first-order chi connectivity index (χ1) is 9.32. The van der Waals surface area contributed by atoms with E-state index in [0.29, 0.717) is 6.04 Å². The third-order valence-corrected chi connectivity index (χ3v) is 5.05. The highest BCUT2D eigenvalue weighted by atomic mass is 16.7. The van der Waals surface area contributed by atoms with Gasteiger partial charge in [0.05, 0.1) is 11.2 Å². The van der Waals surface area contributed by atoms with E-state index < -0.39 is 0 Å². The van der Waals surface area contributed by atoms with Crippen LogP contribution in [0.15, 0.2) is 18.2 Å². The molecule has 2 aliphatic heterocycles. The smallest absolute Gasteiger partial charge is 0.399 e. The Morgan fingerprint density at radius 2 is 1.80 bits per heavy atom. The third kappa shape index (κ3) is 2.10. The van der Waals surface area contributed by atoms with Crippen LogP contribution in [0.25, 0.3) is 0 Å². The number of hydrogen-bond donors (Lipinski definition) is 1. The van der Waals surface area contributed by atoms with Crippen molar-refractivity contribution in [1.29, 1.82) is 0 Å². The molecule has 0 aliphatic carbocycles. The molecule has 0 saturated carbocycles. The molecule has 1 saturated heterocycles. The first kappa shape index (κ1) is 14.1. The summed E-state index contributed by atoms with van der Waals surface area (Å²) in [4.78, 5) is 0. The van der Waals surface area contributed by atoms with Gasteiger partial charge in [0.1, 0.15) is 0 Å². The molecule has 0 amide bonds. The van der Waals surface area contributed by atoms with Gasteiger partial charge < -0.3 is 14.6 Å². The van der Waals surface area contributed by atoms with Crippen LogP contribution < -0.4 is 10.8 Å². The van der Waals surface area contributed by atoms with Crippen LogP contribution in [0.5, 0.6) is 0 Å². The predicted octanol–water partition coefficient (Wildman–Crippen LogP) is 2.19. The topological polar surface area (TPSA) is 30.5 Å². The molecule has 2 heterocycles. The van der Waals surface area contributed by atoms with Crippen molar-refractivity contribution < 1.29 is 9.31 Å². The number of nitrogens with one attached hydrogen (secondary N) is 1. The molecule has 1 aromatic carbocycles. The van der Waals surface area contributed by atoms with Crippen LogP contribution in [0.4, 0.5) is 0 Å². The second kappa shape index (κ2) is 4.59. The summed E-state index contributed by atoms with van der Waals surface area (Å²) in [6, 6.07) is 6.88. The summed E-state index contributed by atoms with van der Waals surface area (Å²) in [6.07, 6.45) is 1.04. The van der Waals surface area contributed by atoms with E-state index in [4.69, 9.17) is 9.31 Å². The van der Waals surface area contributed by atoms with Gasteiger partial charge in [0.15, 0.2) is 0 Å². The van der Waals surface area contributed by atoms with Gasteiger partial charge >= 0.3 is 7.12 Å². The zero-order chi connectivity index (χ0) is 14.5. The third-order valence-electron chi connectivity index (χ3n) is 5.05. The summed E-state index contributed by atoms with van der Waals surface area (Å²) in [5.41, 5.74) is 3.42. The fourth-order valence-electron chi connectivity index (χ4n) is 3.03. The summed E-state index contributed by atoms with van der Waals surface area (Å²) < 4.78 is 12.4. The van der Waals surface area contributed by atoms with Gasteiger partial charge in [-0.15, -0.1) is 0 Å². The molecule has 1 atom stereocenters. The van der Waals surface area contributed by atoms with Crippen molar-refractivity contribution in [2.45, 2.75) is 58.3 Å². The zero-order valence-electron chi connectivity index (χ0n) is 13.1. The Morgan fingerprint density at radius 3 is 2.45 bits per heavy atom. The largest absolute Gasteiger partial charge is 0.495 e. The minimum atomic E-state index is -0.279. The number of benzene rings is 1. The molecule has 4 heteroatoms. The lowest BCUT2D eigenvalue weighted by atomic mass is 9.72. The second-order valence-electron chi connectivity index (χ2n) is 6.93. The lowest BCUT2D eigenvalue weighted by Crippen LogP contribution is -2.41. The van der Waals surface area contributed by atoms with Gasteiger partial charge in [0, 0.05) is 6.04 Å². The Hall–Kier alpha value is -0.835. The van der Waals surface area contributed by atoms with Gasteiger partial charge in [-0.3, -0.25) is 0 Å². The minimum Gasteiger partial charge on any atom is -0.399 e. The molecule has 3 nitrogen and oxygen atoms in total. The van der Waals surface area contributed by atoms with Crippen LogP contribution in [0.1, 0.15) is 51.8 Å². The van der Waals surface area contributed by atoms with Crippen LogP contribution in [0, 0.1) is 0 Å². The van der Waals surface area contributed by atoms with E-state index in [9.17, 15) is 0 Å². The summed E-state index contributed by atoms with van der Waals surface area (Å²) in [7, 11) is -0.250. The zero-order valence-corrected chi connectivity index (χ0v) is 13.1. The molecule has 3 rings (SSSR count). The van der Waals surface area contributed by atoms with Crippen LogP contribution in [0.3, 0.4) is 0 Å². The maximum atomic E-state index is 6.21. The van der Waals surface area contributed by atoms with Crippen molar-refractivity contribution in [3.63, 3.8) is 0 Å². The quantitative estimate of drug-likeness (QED) is 0.796. The Bertz CT molecular complexity index is 511. The Morgan fingerprint density at radius 1 is 1.15 bits per heavy atom. The van der Waals surface area contributed by atoms with Crippen LogP contribution in [0.2, 0.25) is 0 Å². The van der Waals surface area contributed by atoms with E-state index in [-0.39, 0.29) is 18.3 Å². The van der Waals surface area contributed by atoms with Crippen LogP contribution in [-0.4, -0.2) is 24.9 Å². The molecular formula is C16H24BNO2. The molecule has 0 radical (unpaired) electrons. The molecule has 0 bridgehead atoms. The van der Waals surface area contributed by atoms with Gasteiger partial charge in [0.25, 0.3) is 0 Å². The normalized spacial score (nSPS) is 27.4. The van der Waals surface area contributed by atoms with Crippen molar-refractivity contribution in [2.24, 2.45) is 0 Å². The number of fused-ring (bicyclic) bond motifs is 1. The molecule has 2 aliphatic rings. The van der Waals surface area contributed by atoms with Crippen LogP contribution >= 0.6 is 0 Å². The highest BCUT2D eigenvalue weighted by Gasteiger charge is 2.52. The number of rotatable bonds is 1. The van der Waals surface area contributed by atoms with Gasteiger partial charge in [-0.05, 0) is 64.2 Å². The monoisotopic (exact) mass is 273 g/mol. The van der Waals surface area contributed by atoms with Crippen molar-refractivity contribution in [2.75, 3.05) is 6.54 Å². The maximum absolute atomic E-state index is 6.21. The van der Waals surface area contributed by atoms with E-state index in [1.807, 2.05) is 0 Å². The number of hydrogen-bond acceptors (Lipinski definition) is 3. The molecule has 1 aromatic rings. The van der Waals surface area contributed by atoms with Gasteiger partial charge in [-0.25, -0.2) is 0 Å². The maximum Gasteiger partial charge on any atom is 0.495 e. The van der Waals surface area contributed by atoms with E-state index in [1.165, 1.54) is 16.6 Å². The van der Waals surface area contributed by atoms with Gasteiger partial charge in [0.2, 0.25) is 0 Å². The lowest BCUT2D eigenvalue weighted by Gasteiger charge is -2.32. The summed E-state index contributed by atoms with van der Waals surface area (Å²) in [5.74, 6) is 0. The molecule has 20 heavy (non-hydrogen) atoms.